The van der Waals surface area contributed by atoms with Gasteiger partial charge in [0.05, 0.1) is 16.8 Å². The summed E-state index contributed by atoms with van der Waals surface area (Å²) in [4.78, 5) is 19.2. The van der Waals surface area contributed by atoms with E-state index in [4.69, 9.17) is 16.3 Å². The Morgan fingerprint density at radius 2 is 2.06 bits per heavy atom. The SMILES string of the molecule is CNC(=O)COC1=CCCC(Nc2ncc(F)c(Nc3ccc(C(F)(F)F)c(Cl)c3)n2)=C1. The number of benzene rings is 1. The minimum absolute atomic E-state index is 0.0608. The number of hydrogen-bond donors (Lipinski definition) is 3. The molecule has 170 valence electrons. The predicted molar refractivity (Wildman–Crippen MR) is 111 cm³/mol. The maximum absolute atomic E-state index is 14.2. The standard InChI is InChI=1S/C20H18ClF4N5O2/c1-26-17(31)10-32-13-4-2-3-11(7-13)29-19-27-9-16(22)18(30-19)28-12-5-6-14(15(21)8-12)20(23,24)25/h4-9H,2-3,10H2,1H3,(H,26,31)(H2,27,28,29,30). The van der Waals surface area contributed by atoms with Crippen LogP contribution in [0.5, 0.6) is 0 Å². The summed E-state index contributed by atoms with van der Waals surface area (Å²) in [5.74, 6) is -0.784. The van der Waals surface area contributed by atoms with Gasteiger partial charge < -0.3 is 20.7 Å². The van der Waals surface area contributed by atoms with Gasteiger partial charge in [0, 0.05) is 18.4 Å². The van der Waals surface area contributed by atoms with Crippen molar-refractivity contribution in [3.63, 3.8) is 0 Å². The number of carbonyl (C=O) groups is 1. The van der Waals surface area contributed by atoms with E-state index in [2.05, 4.69) is 25.9 Å². The molecule has 0 atom stereocenters. The summed E-state index contributed by atoms with van der Waals surface area (Å²) in [6, 6.07) is 2.94. The van der Waals surface area contributed by atoms with Gasteiger partial charge in [-0.3, -0.25) is 4.79 Å². The number of allylic oxidation sites excluding steroid dienone is 3. The van der Waals surface area contributed by atoms with Crippen molar-refractivity contribution in [3.05, 3.63) is 64.4 Å². The van der Waals surface area contributed by atoms with Gasteiger partial charge in [-0.25, -0.2) is 9.37 Å². The molecule has 0 fully saturated rings. The Morgan fingerprint density at radius 1 is 1.28 bits per heavy atom. The van der Waals surface area contributed by atoms with Gasteiger partial charge in [0.15, 0.2) is 18.2 Å². The first-order valence-electron chi connectivity index (χ1n) is 9.33. The first-order chi connectivity index (χ1) is 15.2. The number of amides is 1. The second-order valence-corrected chi connectivity index (χ2v) is 7.02. The summed E-state index contributed by atoms with van der Waals surface area (Å²) in [5, 5.41) is 7.46. The zero-order chi connectivity index (χ0) is 23.3. The molecule has 0 bridgehead atoms. The third kappa shape index (κ3) is 6.10. The third-order valence-electron chi connectivity index (χ3n) is 4.28. The van der Waals surface area contributed by atoms with Crippen molar-refractivity contribution in [2.45, 2.75) is 19.0 Å². The van der Waals surface area contributed by atoms with Crippen LogP contribution >= 0.6 is 11.6 Å². The summed E-state index contributed by atoms with van der Waals surface area (Å²) in [6.07, 6.45) is 1.05. The molecule has 1 aliphatic rings. The van der Waals surface area contributed by atoms with Crippen LogP contribution in [0.3, 0.4) is 0 Å². The Labute approximate surface area is 185 Å². The first-order valence-corrected chi connectivity index (χ1v) is 9.71. The number of halogens is 5. The van der Waals surface area contributed by atoms with Gasteiger partial charge in [-0.1, -0.05) is 11.6 Å². The number of rotatable bonds is 7. The maximum Gasteiger partial charge on any atom is 0.417 e. The Balaban J connectivity index is 1.72. The van der Waals surface area contributed by atoms with E-state index >= 15 is 0 Å². The molecule has 3 rings (SSSR count). The van der Waals surface area contributed by atoms with Gasteiger partial charge in [0.2, 0.25) is 5.95 Å². The molecule has 1 aromatic carbocycles. The van der Waals surface area contributed by atoms with Crippen LogP contribution in [0.4, 0.5) is 35.0 Å². The molecule has 1 aromatic heterocycles. The average molecular weight is 472 g/mol. The summed E-state index contributed by atoms with van der Waals surface area (Å²) in [7, 11) is 1.50. The van der Waals surface area contributed by atoms with Crippen LogP contribution in [0.25, 0.3) is 0 Å². The second-order valence-electron chi connectivity index (χ2n) is 6.61. The fourth-order valence-electron chi connectivity index (χ4n) is 2.71. The molecule has 7 nitrogen and oxygen atoms in total. The van der Waals surface area contributed by atoms with Gasteiger partial charge in [0.25, 0.3) is 5.91 Å². The molecule has 0 radical (unpaired) electrons. The summed E-state index contributed by atoms with van der Waals surface area (Å²) in [5.41, 5.74) is -0.201. The van der Waals surface area contributed by atoms with Crippen LogP contribution < -0.4 is 16.0 Å². The van der Waals surface area contributed by atoms with Gasteiger partial charge in [-0.2, -0.15) is 18.2 Å². The average Bonchev–Trinajstić information content (AvgIpc) is 2.74. The number of nitrogens with one attached hydrogen (secondary N) is 3. The van der Waals surface area contributed by atoms with Crippen LogP contribution in [0.1, 0.15) is 18.4 Å². The van der Waals surface area contributed by atoms with Crippen molar-refractivity contribution in [2.24, 2.45) is 0 Å². The molecule has 1 heterocycles. The zero-order valence-electron chi connectivity index (χ0n) is 16.7. The van der Waals surface area contributed by atoms with Crippen molar-refractivity contribution in [3.8, 4) is 0 Å². The zero-order valence-corrected chi connectivity index (χ0v) is 17.4. The highest BCUT2D eigenvalue weighted by Crippen LogP contribution is 2.36. The molecule has 0 aliphatic heterocycles. The van der Waals surface area contributed by atoms with Crippen LogP contribution in [0.15, 0.2) is 48.0 Å². The summed E-state index contributed by atoms with van der Waals surface area (Å²) in [6.45, 7) is -0.136. The number of likely N-dealkylation sites (N-methyl/N-ethyl adjacent to an activating group) is 1. The Bertz CT molecular complexity index is 1070. The quantitative estimate of drug-likeness (QED) is 0.504. The van der Waals surface area contributed by atoms with E-state index in [0.29, 0.717) is 24.3 Å². The van der Waals surface area contributed by atoms with E-state index < -0.39 is 22.6 Å². The Hall–Kier alpha value is -3.34. The van der Waals surface area contributed by atoms with Gasteiger partial charge in [-0.15, -0.1) is 0 Å². The lowest BCUT2D eigenvalue weighted by molar-refractivity contribution is -0.137. The molecular formula is C20H18ClF4N5O2. The summed E-state index contributed by atoms with van der Waals surface area (Å²) < 4.78 is 58.1. The highest BCUT2D eigenvalue weighted by Gasteiger charge is 2.33. The van der Waals surface area contributed by atoms with E-state index in [9.17, 15) is 22.4 Å². The fourth-order valence-corrected chi connectivity index (χ4v) is 3.00. The van der Waals surface area contributed by atoms with Crippen LogP contribution in [0.2, 0.25) is 5.02 Å². The summed E-state index contributed by atoms with van der Waals surface area (Å²) >= 11 is 5.70. The lowest BCUT2D eigenvalue weighted by atomic mass is 10.1. The smallest absolute Gasteiger partial charge is 0.417 e. The van der Waals surface area contributed by atoms with Crippen LogP contribution in [0, 0.1) is 5.82 Å². The molecular weight excluding hydrogens is 454 g/mol. The molecule has 0 saturated carbocycles. The normalized spacial score (nSPS) is 13.7. The minimum atomic E-state index is -4.60. The Kier molecular flexibility index (Phi) is 7.18. The molecule has 32 heavy (non-hydrogen) atoms. The van der Waals surface area contributed by atoms with Gasteiger partial charge in [0.1, 0.15) is 5.76 Å². The highest BCUT2D eigenvalue weighted by atomic mass is 35.5. The first kappa shape index (κ1) is 23.3. The molecule has 0 unspecified atom stereocenters. The number of ether oxygens (including phenoxy) is 1. The highest BCUT2D eigenvalue weighted by molar-refractivity contribution is 6.31. The van der Waals surface area contributed by atoms with Crippen molar-refractivity contribution >= 4 is 35.0 Å². The number of carbonyl (C=O) groups excluding carboxylic acids is 1. The van der Waals surface area contributed by atoms with Crippen molar-refractivity contribution in [1.29, 1.82) is 0 Å². The number of hydrogen-bond acceptors (Lipinski definition) is 6. The Morgan fingerprint density at radius 3 is 2.75 bits per heavy atom. The van der Waals surface area contributed by atoms with E-state index in [1.54, 1.807) is 6.08 Å². The molecule has 1 amide bonds. The van der Waals surface area contributed by atoms with Crippen LogP contribution in [-0.2, 0) is 15.7 Å². The van der Waals surface area contributed by atoms with E-state index in [1.807, 2.05) is 6.08 Å². The van der Waals surface area contributed by atoms with Crippen molar-refractivity contribution in [1.82, 2.24) is 15.3 Å². The molecule has 2 aromatic rings. The third-order valence-corrected chi connectivity index (χ3v) is 4.59. The van der Waals surface area contributed by atoms with E-state index in [0.717, 1.165) is 24.4 Å². The molecule has 3 N–H and O–H groups in total. The largest absolute Gasteiger partial charge is 0.484 e. The predicted octanol–water partition coefficient (Wildman–Crippen LogP) is 4.77. The molecule has 0 spiro atoms. The molecule has 0 saturated heterocycles. The monoisotopic (exact) mass is 471 g/mol. The van der Waals surface area contributed by atoms with Gasteiger partial charge >= 0.3 is 6.18 Å². The lowest BCUT2D eigenvalue weighted by Crippen LogP contribution is -2.23. The lowest BCUT2D eigenvalue weighted by Gasteiger charge is -2.16. The fraction of sp³-hybridized carbons (Fsp3) is 0.250. The maximum atomic E-state index is 14.2. The topological polar surface area (TPSA) is 88.2 Å². The van der Waals surface area contributed by atoms with E-state index in [1.165, 1.54) is 7.05 Å². The number of anilines is 3. The minimum Gasteiger partial charge on any atom is -0.484 e. The van der Waals surface area contributed by atoms with E-state index in [-0.39, 0.29) is 30.0 Å². The molecule has 12 heteroatoms. The molecule has 1 aliphatic carbocycles. The number of alkyl halides is 3. The van der Waals surface area contributed by atoms with Gasteiger partial charge in [-0.05, 0) is 43.2 Å². The van der Waals surface area contributed by atoms with Crippen molar-refractivity contribution in [2.75, 3.05) is 24.3 Å². The number of nitrogens with zero attached hydrogens (tertiary/aromatic N) is 2. The van der Waals surface area contributed by atoms with Crippen molar-refractivity contribution < 1.29 is 27.1 Å². The number of aromatic nitrogens is 2. The van der Waals surface area contributed by atoms with Crippen LogP contribution in [-0.4, -0.2) is 29.5 Å². The second kappa shape index (κ2) is 9.86.